The molecule has 7 heteroatoms. The molecule has 3 nitrogen and oxygen atoms in total. The summed E-state index contributed by atoms with van der Waals surface area (Å²) in [6, 6.07) is 14.2. The number of hydrogen-bond acceptors (Lipinski definition) is 5. The van der Waals surface area contributed by atoms with Crippen LogP contribution in [-0.4, -0.2) is 19.2 Å². The van der Waals surface area contributed by atoms with Gasteiger partial charge < -0.3 is 9.47 Å². The van der Waals surface area contributed by atoms with Crippen molar-refractivity contribution < 1.29 is 23.0 Å². The third-order valence-electron chi connectivity index (χ3n) is 7.26. The third-order valence-corrected chi connectivity index (χ3v) is 9.72. The standard InChI is InChI=1S/C34H32F2O3S2/c1-5-31(37)38-14-8-6-7-9-15-39-32-28-19-30(26-13-11-24(36)17-21(26)3)40-33(28)22(4)27-18-29(41-34(27)32)25-12-10-23(35)16-20(25)2/h5,10-13,16-19H,1,6-9,14-15H2,2-4H3. The molecule has 0 atom stereocenters. The molecular weight excluding hydrogens is 559 g/mol. The Bertz CT molecular complexity index is 1640. The van der Waals surface area contributed by atoms with Crippen LogP contribution in [0.3, 0.4) is 0 Å². The Labute approximate surface area is 247 Å². The number of ether oxygens (including phenoxy) is 2. The van der Waals surface area contributed by atoms with Gasteiger partial charge in [-0.25, -0.2) is 13.6 Å². The first-order chi connectivity index (χ1) is 19.8. The maximum absolute atomic E-state index is 13.8. The first-order valence-corrected chi connectivity index (χ1v) is 15.3. The maximum Gasteiger partial charge on any atom is 0.330 e. The highest BCUT2D eigenvalue weighted by Gasteiger charge is 2.21. The van der Waals surface area contributed by atoms with Gasteiger partial charge in [-0.3, -0.25) is 0 Å². The Balaban J connectivity index is 1.48. The average Bonchev–Trinajstić information content (AvgIpc) is 3.57. The van der Waals surface area contributed by atoms with Crippen LogP contribution in [0.25, 0.3) is 41.1 Å². The van der Waals surface area contributed by atoms with E-state index in [1.807, 2.05) is 26.0 Å². The van der Waals surface area contributed by atoms with Gasteiger partial charge in [0.1, 0.15) is 17.4 Å². The van der Waals surface area contributed by atoms with Gasteiger partial charge in [0.15, 0.2) is 0 Å². The minimum absolute atomic E-state index is 0.240. The quantitative estimate of drug-likeness (QED) is 0.0872. The molecule has 3 aromatic carbocycles. The molecule has 0 bridgehead atoms. The Kier molecular flexibility index (Phi) is 8.85. The van der Waals surface area contributed by atoms with E-state index in [0.717, 1.165) is 83.6 Å². The lowest BCUT2D eigenvalue weighted by molar-refractivity contribution is -0.137. The summed E-state index contributed by atoms with van der Waals surface area (Å²) in [4.78, 5) is 13.4. The Morgan fingerprint density at radius 2 is 1.34 bits per heavy atom. The van der Waals surface area contributed by atoms with E-state index in [1.165, 1.54) is 23.8 Å². The van der Waals surface area contributed by atoms with Gasteiger partial charge in [0.25, 0.3) is 0 Å². The molecule has 2 aromatic heterocycles. The Hall–Kier alpha value is -3.55. The van der Waals surface area contributed by atoms with Crippen molar-refractivity contribution in [2.75, 3.05) is 13.2 Å². The molecule has 0 aliphatic rings. The van der Waals surface area contributed by atoms with Crippen molar-refractivity contribution >= 4 is 48.8 Å². The number of aryl methyl sites for hydroxylation is 3. The summed E-state index contributed by atoms with van der Waals surface area (Å²) < 4.78 is 41.5. The summed E-state index contributed by atoms with van der Waals surface area (Å²) in [6.07, 6.45) is 4.74. The summed E-state index contributed by atoms with van der Waals surface area (Å²) in [5.74, 6) is -0.0113. The minimum atomic E-state index is -0.391. The van der Waals surface area contributed by atoms with E-state index in [2.05, 4.69) is 25.6 Å². The van der Waals surface area contributed by atoms with Crippen molar-refractivity contribution in [2.45, 2.75) is 46.5 Å². The van der Waals surface area contributed by atoms with Gasteiger partial charge in [-0.1, -0.05) is 18.7 Å². The fourth-order valence-corrected chi connectivity index (χ4v) is 7.68. The molecule has 0 spiro atoms. The number of esters is 1. The zero-order valence-electron chi connectivity index (χ0n) is 23.4. The monoisotopic (exact) mass is 590 g/mol. The van der Waals surface area contributed by atoms with Crippen molar-refractivity contribution in [3.05, 3.63) is 89.5 Å². The number of fused-ring (bicyclic) bond motifs is 2. The van der Waals surface area contributed by atoms with E-state index in [9.17, 15) is 13.6 Å². The average molecular weight is 591 g/mol. The molecule has 0 amide bonds. The molecule has 0 N–H and O–H groups in total. The van der Waals surface area contributed by atoms with Crippen molar-refractivity contribution in [3.8, 4) is 26.6 Å². The molecule has 0 aliphatic heterocycles. The molecule has 0 saturated carbocycles. The van der Waals surface area contributed by atoms with Crippen LogP contribution in [0.1, 0.15) is 42.4 Å². The largest absolute Gasteiger partial charge is 0.491 e. The second-order valence-electron chi connectivity index (χ2n) is 10.2. The van der Waals surface area contributed by atoms with Crippen LogP contribution in [0.5, 0.6) is 5.75 Å². The van der Waals surface area contributed by atoms with Crippen molar-refractivity contribution in [1.29, 1.82) is 0 Å². The van der Waals surface area contributed by atoms with E-state index in [1.54, 1.807) is 34.8 Å². The number of hydrogen-bond donors (Lipinski definition) is 0. The lowest BCUT2D eigenvalue weighted by Crippen LogP contribution is -2.02. The van der Waals surface area contributed by atoms with Gasteiger partial charge in [0.2, 0.25) is 0 Å². The Morgan fingerprint density at radius 3 is 1.93 bits per heavy atom. The molecule has 41 heavy (non-hydrogen) atoms. The molecule has 5 aromatic rings. The molecule has 212 valence electrons. The number of unbranched alkanes of at least 4 members (excludes halogenated alkanes) is 3. The van der Waals surface area contributed by atoms with Gasteiger partial charge in [0, 0.05) is 31.3 Å². The molecule has 0 fully saturated rings. The van der Waals surface area contributed by atoms with E-state index in [-0.39, 0.29) is 11.6 Å². The lowest BCUT2D eigenvalue weighted by Gasteiger charge is -2.11. The number of rotatable bonds is 11. The fourth-order valence-electron chi connectivity index (χ4n) is 5.10. The minimum Gasteiger partial charge on any atom is -0.491 e. The van der Waals surface area contributed by atoms with Gasteiger partial charge >= 0.3 is 5.97 Å². The molecule has 0 radical (unpaired) electrons. The molecular formula is C34H32F2O3S2. The molecule has 5 rings (SSSR count). The third kappa shape index (κ3) is 6.21. The number of benzene rings is 3. The first-order valence-electron chi connectivity index (χ1n) is 13.7. The second-order valence-corrected chi connectivity index (χ2v) is 12.3. The SMILES string of the molecule is C=CC(=O)OCCCCCCOc1c2cc(-c3ccc(F)cc3C)sc2c(C)c2cc(-c3ccc(F)cc3C)sc12. The molecule has 0 aliphatic carbocycles. The number of halogens is 2. The zero-order valence-corrected chi connectivity index (χ0v) is 25.1. The van der Waals surface area contributed by atoms with Crippen molar-refractivity contribution in [2.24, 2.45) is 0 Å². The van der Waals surface area contributed by atoms with E-state index >= 15 is 0 Å². The predicted octanol–water partition coefficient (Wildman–Crippen LogP) is 10.3. The summed E-state index contributed by atoms with van der Waals surface area (Å²) in [5.41, 5.74) is 4.99. The first kappa shape index (κ1) is 29.0. The van der Waals surface area contributed by atoms with E-state index in [4.69, 9.17) is 9.47 Å². The van der Waals surface area contributed by atoms with Gasteiger partial charge in [-0.15, -0.1) is 22.7 Å². The van der Waals surface area contributed by atoms with Crippen molar-refractivity contribution in [1.82, 2.24) is 0 Å². The zero-order chi connectivity index (χ0) is 29.1. The number of carbonyl (C=O) groups excluding carboxylic acids is 1. The van der Waals surface area contributed by atoms with Crippen LogP contribution in [0.4, 0.5) is 8.78 Å². The molecule has 0 unspecified atom stereocenters. The number of carbonyl (C=O) groups is 1. The van der Waals surface area contributed by atoms with Crippen LogP contribution in [0, 0.1) is 32.4 Å². The van der Waals surface area contributed by atoms with E-state index in [0.29, 0.717) is 13.2 Å². The summed E-state index contributed by atoms with van der Waals surface area (Å²) in [6.45, 7) is 10.4. The highest BCUT2D eigenvalue weighted by molar-refractivity contribution is 7.24. The maximum atomic E-state index is 13.8. The summed E-state index contributed by atoms with van der Waals surface area (Å²) >= 11 is 3.36. The summed E-state index contributed by atoms with van der Waals surface area (Å²) in [5, 5.41) is 2.18. The van der Waals surface area contributed by atoms with Crippen LogP contribution in [0.15, 0.2) is 61.2 Å². The fraction of sp³-hybridized carbons (Fsp3) is 0.265. The smallest absolute Gasteiger partial charge is 0.330 e. The molecule has 2 heterocycles. The van der Waals surface area contributed by atoms with Gasteiger partial charge in [-0.05, 0) is 111 Å². The normalized spacial score (nSPS) is 11.3. The topological polar surface area (TPSA) is 35.5 Å². The predicted molar refractivity (Wildman–Crippen MR) is 167 cm³/mol. The van der Waals surface area contributed by atoms with Crippen LogP contribution < -0.4 is 4.74 Å². The van der Waals surface area contributed by atoms with Crippen LogP contribution in [0.2, 0.25) is 0 Å². The highest BCUT2D eigenvalue weighted by atomic mass is 32.1. The van der Waals surface area contributed by atoms with Crippen LogP contribution >= 0.6 is 22.7 Å². The number of thiophene rings is 2. The van der Waals surface area contributed by atoms with Crippen molar-refractivity contribution in [3.63, 3.8) is 0 Å². The molecule has 0 saturated heterocycles. The van der Waals surface area contributed by atoms with Crippen LogP contribution in [-0.2, 0) is 9.53 Å². The second kappa shape index (κ2) is 12.5. The Morgan fingerprint density at radius 1 is 0.780 bits per heavy atom. The summed E-state index contributed by atoms with van der Waals surface area (Å²) in [7, 11) is 0. The van der Waals surface area contributed by atoms with Gasteiger partial charge in [-0.2, -0.15) is 0 Å². The highest BCUT2D eigenvalue weighted by Crippen LogP contribution is 2.49. The lowest BCUT2D eigenvalue weighted by atomic mass is 10.0. The van der Waals surface area contributed by atoms with E-state index < -0.39 is 5.97 Å². The van der Waals surface area contributed by atoms with Gasteiger partial charge in [0.05, 0.1) is 17.9 Å².